The highest BCUT2D eigenvalue weighted by Crippen LogP contribution is 2.55. The van der Waals surface area contributed by atoms with E-state index >= 15 is 0 Å². The standard InChI is InChI=1S/C26H40N6O/c1-18(31-32-25(27)28)19-12-14-21(15-13-19)30-24(33)22-17-29-23-11-7-8-16-26(22,23)20-9-5-3-2-4-6-10-20/h12-15,20,22-23,29H,2-11,16-17H2,1H3,(H,30,33)(H4,27,28,32)/b31-18+. The minimum absolute atomic E-state index is 0.0370. The lowest BCUT2D eigenvalue weighted by atomic mass is 9.56. The van der Waals surface area contributed by atoms with Crippen LogP contribution in [0.25, 0.3) is 0 Å². The molecular formula is C26H40N6O. The van der Waals surface area contributed by atoms with Crippen LogP contribution in [-0.2, 0) is 4.79 Å². The fraction of sp³-hybridized carbons (Fsp3) is 0.654. The Bertz CT molecular complexity index is 858. The summed E-state index contributed by atoms with van der Waals surface area (Å²) < 4.78 is 0. The van der Waals surface area contributed by atoms with Crippen molar-refractivity contribution >= 4 is 23.3 Å². The third kappa shape index (κ3) is 5.24. The van der Waals surface area contributed by atoms with Gasteiger partial charge in [-0.25, -0.2) is 5.43 Å². The van der Waals surface area contributed by atoms with Crippen molar-refractivity contribution in [3.63, 3.8) is 0 Å². The van der Waals surface area contributed by atoms with Gasteiger partial charge in [0.15, 0.2) is 0 Å². The molecule has 4 rings (SSSR count). The summed E-state index contributed by atoms with van der Waals surface area (Å²) >= 11 is 0. The molecule has 7 nitrogen and oxygen atoms in total. The molecule has 1 saturated heterocycles. The second-order valence-electron chi connectivity index (χ2n) is 10.2. The maximum absolute atomic E-state index is 13.6. The molecule has 1 amide bonds. The van der Waals surface area contributed by atoms with Crippen molar-refractivity contribution < 1.29 is 4.79 Å². The second-order valence-corrected chi connectivity index (χ2v) is 10.2. The van der Waals surface area contributed by atoms with Gasteiger partial charge in [-0.15, -0.1) is 0 Å². The average Bonchev–Trinajstić information content (AvgIpc) is 3.18. The van der Waals surface area contributed by atoms with E-state index in [-0.39, 0.29) is 23.2 Å². The number of hydrazone groups is 1. The van der Waals surface area contributed by atoms with Crippen LogP contribution in [0.3, 0.4) is 0 Å². The van der Waals surface area contributed by atoms with Gasteiger partial charge in [0.1, 0.15) is 0 Å². The summed E-state index contributed by atoms with van der Waals surface area (Å²) in [5.41, 5.74) is 10.4. The van der Waals surface area contributed by atoms with E-state index in [4.69, 9.17) is 11.1 Å². The van der Waals surface area contributed by atoms with Gasteiger partial charge in [-0.1, -0.05) is 57.1 Å². The molecule has 0 aromatic heterocycles. The largest absolute Gasteiger partial charge is 0.369 e. The van der Waals surface area contributed by atoms with Crippen molar-refractivity contribution in [2.45, 2.75) is 83.6 Å². The van der Waals surface area contributed by atoms with E-state index in [9.17, 15) is 4.79 Å². The number of hydrogen-bond acceptors (Lipinski definition) is 4. The molecule has 1 aromatic carbocycles. The molecule has 33 heavy (non-hydrogen) atoms. The lowest BCUT2D eigenvalue weighted by Gasteiger charge is -2.48. The lowest BCUT2D eigenvalue weighted by molar-refractivity contribution is -0.125. The number of rotatable bonds is 5. The Morgan fingerprint density at radius 3 is 2.42 bits per heavy atom. The maximum Gasteiger partial charge on any atom is 0.229 e. The molecule has 180 valence electrons. The predicted molar refractivity (Wildman–Crippen MR) is 134 cm³/mol. The summed E-state index contributed by atoms with van der Waals surface area (Å²) in [7, 11) is 0. The number of carbonyl (C=O) groups is 1. The number of nitrogens with one attached hydrogen (secondary N) is 4. The first-order chi connectivity index (χ1) is 16.0. The monoisotopic (exact) mass is 452 g/mol. The topological polar surface area (TPSA) is 115 Å². The van der Waals surface area contributed by atoms with E-state index in [1.54, 1.807) is 0 Å². The quantitative estimate of drug-likeness (QED) is 0.260. The number of nitrogens with two attached hydrogens (primary N) is 1. The molecule has 2 aliphatic carbocycles. The van der Waals surface area contributed by atoms with Gasteiger partial charge in [0, 0.05) is 23.7 Å². The Morgan fingerprint density at radius 1 is 1.06 bits per heavy atom. The van der Waals surface area contributed by atoms with Crippen molar-refractivity contribution in [1.82, 2.24) is 10.7 Å². The zero-order valence-electron chi connectivity index (χ0n) is 20.0. The molecule has 3 unspecified atom stereocenters. The van der Waals surface area contributed by atoms with Crippen LogP contribution in [0.4, 0.5) is 5.69 Å². The third-order valence-corrected chi connectivity index (χ3v) is 8.31. The van der Waals surface area contributed by atoms with Crippen LogP contribution < -0.4 is 21.8 Å². The normalized spacial score (nSPS) is 28.9. The number of benzene rings is 1. The van der Waals surface area contributed by atoms with Gasteiger partial charge in [0.25, 0.3) is 0 Å². The molecule has 1 heterocycles. The fourth-order valence-electron chi connectivity index (χ4n) is 6.72. The number of amides is 1. The highest BCUT2D eigenvalue weighted by Gasteiger charge is 2.57. The van der Waals surface area contributed by atoms with Crippen molar-refractivity contribution in [1.29, 1.82) is 5.41 Å². The smallest absolute Gasteiger partial charge is 0.229 e. The van der Waals surface area contributed by atoms with Gasteiger partial charge in [-0.3, -0.25) is 10.2 Å². The molecule has 6 N–H and O–H groups in total. The molecule has 7 heteroatoms. The number of hydrogen-bond donors (Lipinski definition) is 5. The van der Waals surface area contributed by atoms with Crippen LogP contribution in [0.5, 0.6) is 0 Å². The van der Waals surface area contributed by atoms with Crippen LogP contribution in [0.1, 0.15) is 83.1 Å². The molecule has 0 bridgehead atoms. The number of nitrogens with zero attached hydrogens (tertiary/aromatic N) is 1. The van der Waals surface area contributed by atoms with Gasteiger partial charge >= 0.3 is 0 Å². The van der Waals surface area contributed by atoms with Gasteiger partial charge in [-0.2, -0.15) is 5.10 Å². The molecule has 2 saturated carbocycles. The molecular weight excluding hydrogens is 412 g/mol. The Hall–Kier alpha value is -2.41. The van der Waals surface area contributed by atoms with Crippen LogP contribution in [0.15, 0.2) is 29.4 Å². The maximum atomic E-state index is 13.6. The number of anilines is 1. The molecule has 0 spiro atoms. The number of fused-ring (bicyclic) bond motifs is 1. The average molecular weight is 453 g/mol. The van der Waals surface area contributed by atoms with Crippen LogP contribution in [0, 0.1) is 22.7 Å². The van der Waals surface area contributed by atoms with Crippen LogP contribution in [0.2, 0.25) is 0 Å². The van der Waals surface area contributed by atoms with Crippen LogP contribution in [-0.4, -0.2) is 30.2 Å². The number of guanidine groups is 1. The van der Waals surface area contributed by atoms with E-state index in [1.807, 2.05) is 31.2 Å². The highest BCUT2D eigenvalue weighted by atomic mass is 16.2. The molecule has 1 aliphatic heterocycles. The highest BCUT2D eigenvalue weighted by molar-refractivity contribution is 6.00. The van der Waals surface area contributed by atoms with Crippen molar-refractivity contribution in [3.05, 3.63) is 29.8 Å². The zero-order chi connectivity index (χ0) is 23.3. The number of carbonyl (C=O) groups excluding carboxylic acids is 1. The minimum Gasteiger partial charge on any atom is -0.369 e. The fourth-order valence-corrected chi connectivity index (χ4v) is 6.72. The summed E-state index contributed by atoms with van der Waals surface area (Å²) in [5.74, 6) is 0.673. The summed E-state index contributed by atoms with van der Waals surface area (Å²) in [6, 6.07) is 8.24. The summed E-state index contributed by atoms with van der Waals surface area (Å²) in [5, 5.41) is 18.3. The summed E-state index contributed by atoms with van der Waals surface area (Å²) in [4.78, 5) is 13.6. The second kappa shape index (κ2) is 10.7. The Kier molecular flexibility index (Phi) is 7.68. The first-order valence-electron chi connectivity index (χ1n) is 12.8. The minimum atomic E-state index is -0.192. The summed E-state index contributed by atoms with van der Waals surface area (Å²) in [6.07, 6.45) is 14.2. The lowest BCUT2D eigenvalue weighted by Crippen LogP contribution is -2.50. The van der Waals surface area contributed by atoms with Gasteiger partial charge in [0.2, 0.25) is 11.9 Å². The Balaban J connectivity index is 1.49. The van der Waals surface area contributed by atoms with Crippen molar-refractivity contribution in [2.75, 3.05) is 11.9 Å². The summed E-state index contributed by atoms with van der Waals surface area (Å²) in [6.45, 7) is 2.66. The molecule has 0 radical (unpaired) electrons. The first kappa shape index (κ1) is 23.7. The van der Waals surface area contributed by atoms with E-state index in [0.29, 0.717) is 12.0 Å². The molecule has 1 aromatic rings. The van der Waals surface area contributed by atoms with Gasteiger partial charge in [-0.05, 0) is 56.2 Å². The SMILES string of the molecule is C/C(=N\NC(=N)N)c1ccc(NC(=O)C2CNC3CCCCC32C2CCCCCCC2)cc1. The van der Waals surface area contributed by atoms with Crippen LogP contribution >= 0.6 is 0 Å². The van der Waals surface area contributed by atoms with Crippen molar-refractivity contribution in [2.24, 2.45) is 28.1 Å². The Morgan fingerprint density at radius 2 is 1.73 bits per heavy atom. The molecule has 3 atom stereocenters. The Labute approximate surface area is 197 Å². The van der Waals surface area contributed by atoms with E-state index < -0.39 is 0 Å². The van der Waals surface area contributed by atoms with E-state index in [0.717, 1.165) is 23.5 Å². The first-order valence-corrected chi connectivity index (χ1v) is 12.8. The van der Waals surface area contributed by atoms with Crippen molar-refractivity contribution in [3.8, 4) is 0 Å². The predicted octanol–water partition coefficient (Wildman–Crippen LogP) is 4.34. The molecule has 3 fully saturated rings. The van der Waals surface area contributed by atoms with Gasteiger partial charge in [0.05, 0.1) is 11.6 Å². The van der Waals surface area contributed by atoms with Gasteiger partial charge < -0.3 is 16.4 Å². The third-order valence-electron chi connectivity index (χ3n) is 8.31. The van der Waals surface area contributed by atoms with E-state index in [2.05, 4.69) is 21.2 Å². The molecule has 3 aliphatic rings. The van der Waals surface area contributed by atoms with E-state index in [1.165, 1.54) is 70.6 Å². The zero-order valence-corrected chi connectivity index (χ0v) is 20.0.